The second-order valence-electron chi connectivity index (χ2n) is 8.29. The predicted octanol–water partition coefficient (Wildman–Crippen LogP) is 3.98. The summed E-state index contributed by atoms with van der Waals surface area (Å²) >= 11 is 0. The van der Waals surface area contributed by atoms with Gasteiger partial charge in [0.2, 0.25) is 0 Å². The number of likely N-dealkylation sites (tertiary alicyclic amines) is 1. The first-order chi connectivity index (χ1) is 14.5. The Morgan fingerprint density at radius 1 is 1.20 bits per heavy atom. The van der Waals surface area contributed by atoms with Crippen LogP contribution in [0.4, 0.5) is 5.69 Å². The molecule has 6 nitrogen and oxygen atoms in total. The van der Waals surface area contributed by atoms with Crippen LogP contribution in [0.2, 0.25) is 0 Å². The van der Waals surface area contributed by atoms with Gasteiger partial charge in [-0.2, -0.15) is 0 Å². The van der Waals surface area contributed by atoms with Gasteiger partial charge in [0.05, 0.1) is 17.9 Å². The molecule has 1 aromatic carbocycles. The average molecular weight is 408 g/mol. The summed E-state index contributed by atoms with van der Waals surface area (Å²) in [5, 5.41) is 8.91. The van der Waals surface area contributed by atoms with E-state index >= 15 is 0 Å². The Labute approximate surface area is 177 Å². The number of hydrogen-bond donors (Lipinski definition) is 2. The van der Waals surface area contributed by atoms with Gasteiger partial charge in [0.1, 0.15) is 0 Å². The molecule has 2 aromatic rings. The molecule has 0 bridgehead atoms. The van der Waals surface area contributed by atoms with Gasteiger partial charge in [-0.05, 0) is 75.9 Å². The van der Waals surface area contributed by atoms with Gasteiger partial charge < -0.3 is 10.1 Å². The van der Waals surface area contributed by atoms with Crippen LogP contribution in [-0.2, 0) is 16.0 Å². The Morgan fingerprint density at radius 2 is 1.93 bits per heavy atom. The van der Waals surface area contributed by atoms with Gasteiger partial charge in [0.15, 0.2) is 0 Å². The van der Waals surface area contributed by atoms with Crippen molar-refractivity contribution in [3.63, 3.8) is 0 Å². The topological polar surface area (TPSA) is 76.6 Å². The molecule has 3 heterocycles. The Bertz CT molecular complexity index is 999. The third-order valence-corrected chi connectivity index (χ3v) is 6.24. The first kappa shape index (κ1) is 20.4. The normalized spacial score (nSPS) is 17.9. The second kappa shape index (κ2) is 8.48. The Hall–Kier alpha value is -2.86. The average Bonchev–Trinajstić information content (AvgIpc) is 3.39. The molecule has 30 heavy (non-hydrogen) atoms. The molecule has 0 radical (unpaired) electrons. The number of aliphatic carboxylic acids is 1. The maximum absolute atomic E-state index is 13.4. The third kappa shape index (κ3) is 3.92. The zero-order chi connectivity index (χ0) is 21.3. The zero-order valence-electron chi connectivity index (χ0n) is 17.7. The summed E-state index contributed by atoms with van der Waals surface area (Å²) in [5.41, 5.74) is 6.87. The van der Waals surface area contributed by atoms with Crippen molar-refractivity contribution < 1.29 is 14.7 Å². The molecule has 0 unspecified atom stereocenters. The minimum atomic E-state index is -0.769. The molecule has 6 heteroatoms. The molecule has 0 atom stereocenters. The highest BCUT2D eigenvalue weighted by molar-refractivity contribution is 6.35. The van der Waals surface area contributed by atoms with Crippen LogP contribution in [0.1, 0.15) is 53.8 Å². The number of fused-ring (bicyclic) bond motifs is 1. The van der Waals surface area contributed by atoms with E-state index < -0.39 is 5.97 Å². The van der Waals surface area contributed by atoms with Crippen LogP contribution in [0.25, 0.3) is 11.6 Å². The van der Waals surface area contributed by atoms with Crippen LogP contribution in [0.3, 0.4) is 0 Å². The number of hydrogen-bond acceptors (Lipinski definition) is 3. The maximum atomic E-state index is 13.4. The molecule has 1 amide bonds. The molecule has 2 N–H and O–H groups in total. The van der Waals surface area contributed by atoms with Crippen molar-refractivity contribution in [2.24, 2.45) is 0 Å². The first-order valence-electron chi connectivity index (χ1n) is 10.7. The van der Waals surface area contributed by atoms with Gasteiger partial charge in [0, 0.05) is 23.4 Å². The van der Waals surface area contributed by atoms with E-state index in [1.807, 2.05) is 49.1 Å². The summed E-state index contributed by atoms with van der Waals surface area (Å²) in [4.78, 5) is 31.8. The van der Waals surface area contributed by atoms with Crippen molar-refractivity contribution in [2.45, 2.75) is 46.0 Å². The highest BCUT2D eigenvalue weighted by atomic mass is 16.4. The number of benzene rings is 1. The van der Waals surface area contributed by atoms with Gasteiger partial charge in [0.25, 0.3) is 5.91 Å². The lowest BCUT2D eigenvalue weighted by molar-refractivity contribution is -0.137. The van der Waals surface area contributed by atoms with Crippen molar-refractivity contribution in [2.75, 3.05) is 24.7 Å². The molecule has 0 saturated carbocycles. The number of carboxylic acids is 1. The summed E-state index contributed by atoms with van der Waals surface area (Å²) in [5.74, 6) is -0.725. The van der Waals surface area contributed by atoms with Gasteiger partial charge in [-0.15, -0.1) is 0 Å². The van der Waals surface area contributed by atoms with Crippen molar-refractivity contribution in [1.82, 2.24) is 9.88 Å². The molecule has 1 fully saturated rings. The van der Waals surface area contributed by atoms with E-state index in [1.165, 1.54) is 12.8 Å². The van der Waals surface area contributed by atoms with Crippen molar-refractivity contribution >= 4 is 29.2 Å². The minimum Gasteiger partial charge on any atom is -0.481 e. The first-order valence-corrected chi connectivity index (χ1v) is 10.7. The van der Waals surface area contributed by atoms with Gasteiger partial charge in [-0.25, -0.2) is 0 Å². The fourth-order valence-electron chi connectivity index (χ4n) is 4.61. The Morgan fingerprint density at radius 3 is 2.67 bits per heavy atom. The maximum Gasteiger partial charge on any atom is 0.303 e. The lowest BCUT2D eigenvalue weighted by atomic mass is 10.0. The number of H-pyrrole nitrogens is 1. The molecular formula is C24H29N3O3. The van der Waals surface area contributed by atoms with Crippen molar-refractivity contribution in [1.29, 1.82) is 0 Å². The smallest absolute Gasteiger partial charge is 0.303 e. The summed E-state index contributed by atoms with van der Waals surface area (Å²) < 4.78 is 0. The van der Waals surface area contributed by atoms with Crippen LogP contribution >= 0.6 is 0 Å². The number of anilines is 1. The fourth-order valence-corrected chi connectivity index (χ4v) is 4.61. The van der Waals surface area contributed by atoms with Crippen LogP contribution in [0.15, 0.2) is 24.3 Å². The molecule has 0 spiro atoms. The zero-order valence-corrected chi connectivity index (χ0v) is 17.7. The molecule has 158 valence electrons. The van der Waals surface area contributed by atoms with E-state index in [2.05, 4.69) is 9.88 Å². The fraction of sp³-hybridized carbons (Fsp3) is 0.417. The molecule has 1 aromatic heterocycles. The number of para-hydroxylation sites is 1. The van der Waals surface area contributed by atoms with E-state index in [4.69, 9.17) is 5.11 Å². The number of carboxylic acid groups (broad SMARTS) is 1. The van der Waals surface area contributed by atoms with Crippen molar-refractivity contribution in [3.05, 3.63) is 52.3 Å². The SMILES string of the molecule is Cc1[nH]c(C=C2C(=O)N(CN3CCCC3)c3ccccc32)c(C)c1CCCC(=O)O. The number of rotatable bonds is 7. The Kier molecular flexibility index (Phi) is 5.77. The molecule has 2 aliphatic heterocycles. The van der Waals surface area contributed by atoms with Crippen LogP contribution < -0.4 is 4.90 Å². The van der Waals surface area contributed by atoms with E-state index in [-0.39, 0.29) is 12.3 Å². The minimum absolute atomic E-state index is 0.0437. The standard InChI is InChI=1S/C24H29N3O3/c1-16-18(9-7-11-23(28)29)17(2)25-21(16)14-20-19-8-3-4-10-22(19)27(24(20)30)15-26-12-5-6-13-26/h3-4,8,10,14,25H,5-7,9,11-13,15H2,1-2H3,(H,28,29). The molecule has 4 rings (SSSR count). The lowest BCUT2D eigenvalue weighted by Gasteiger charge is -2.24. The van der Waals surface area contributed by atoms with Crippen LogP contribution in [-0.4, -0.2) is 46.6 Å². The monoisotopic (exact) mass is 407 g/mol. The number of amides is 1. The summed E-state index contributed by atoms with van der Waals surface area (Å²) in [6, 6.07) is 8.00. The number of carbonyl (C=O) groups is 2. The molecule has 0 aliphatic carbocycles. The van der Waals surface area contributed by atoms with Gasteiger partial charge in [-0.3, -0.25) is 19.4 Å². The number of aromatic amines is 1. The van der Waals surface area contributed by atoms with E-state index in [1.54, 1.807) is 0 Å². The highest BCUT2D eigenvalue weighted by Gasteiger charge is 2.33. The second-order valence-corrected chi connectivity index (χ2v) is 8.29. The lowest BCUT2D eigenvalue weighted by Crippen LogP contribution is -2.38. The quantitative estimate of drug-likeness (QED) is 0.681. The molecular weight excluding hydrogens is 378 g/mol. The number of nitrogens with zero attached hydrogens (tertiary/aromatic N) is 2. The van der Waals surface area contributed by atoms with Crippen molar-refractivity contribution in [3.8, 4) is 0 Å². The van der Waals surface area contributed by atoms with Crippen LogP contribution in [0, 0.1) is 13.8 Å². The predicted molar refractivity (Wildman–Crippen MR) is 118 cm³/mol. The molecule has 2 aliphatic rings. The van der Waals surface area contributed by atoms with E-state index in [0.29, 0.717) is 18.7 Å². The number of nitrogens with one attached hydrogen (secondary N) is 1. The number of aromatic nitrogens is 1. The largest absolute Gasteiger partial charge is 0.481 e. The molecule has 1 saturated heterocycles. The van der Waals surface area contributed by atoms with Crippen LogP contribution in [0.5, 0.6) is 0 Å². The highest BCUT2D eigenvalue weighted by Crippen LogP contribution is 2.38. The van der Waals surface area contributed by atoms with E-state index in [9.17, 15) is 9.59 Å². The summed E-state index contributed by atoms with van der Waals surface area (Å²) in [6.07, 6.45) is 5.84. The van der Waals surface area contributed by atoms with Gasteiger partial charge in [-0.1, -0.05) is 18.2 Å². The summed E-state index contributed by atoms with van der Waals surface area (Å²) in [6.45, 7) is 6.77. The Balaban J connectivity index is 1.63. The number of carbonyl (C=O) groups excluding carboxylic acids is 1. The van der Waals surface area contributed by atoms with E-state index in [0.717, 1.165) is 53.3 Å². The number of aryl methyl sites for hydroxylation is 1. The third-order valence-electron chi connectivity index (χ3n) is 6.24. The summed E-state index contributed by atoms with van der Waals surface area (Å²) in [7, 11) is 0. The van der Waals surface area contributed by atoms with Gasteiger partial charge >= 0.3 is 5.97 Å².